The normalized spacial score (nSPS) is 37.1. The quantitative estimate of drug-likeness (QED) is 0.505. The summed E-state index contributed by atoms with van der Waals surface area (Å²) in [4.78, 5) is 6.69. The molecule has 0 bridgehead atoms. The number of rotatable bonds is 4. The number of fused-ring (bicyclic) bond motifs is 7. The number of anilines is 1. The Bertz CT molecular complexity index is 1090. The first-order valence-electron chi connectivity index (χ1n) is 12.8. The van der Waals surface area contributed by atoms with E-state index in [4.69, 9.17) is 4.98 Å². The molecule has 1 aromatic heterocycles. The minimum absolute atomic E-state index is 0.120. The molecule has 0 amide bonds. The number of aliphatic hydroxyl groups excluding tert-OH is 1. The predicted octanol–water partition coefficient (Wildman–Crippen LogP) is 6.61. The molecule has 2 fully saturated rings. The second-order valence-corrected chi connectivity index (χ2v) is 12.4. The number of hydrogen-bond acceptors (Lipinski definition) is 4. The minimum atomic E-state index is -0.120. The van der Waals surface area contributed by atoms with Crippen molar-refractivity contribution in [1.29, 1.82) is 0 Å². The second-order valence-electron chi connectivity index (χ2n) is 11.3. The van der Waals surface area contributed by atoms with E-state index < -0.39 is 0 Å². The Labute approximate surface area is 202 Å². The molecule has 1 heterocycles. The molecule has 0 saturated heterocycles. The summed E-state index contributed by atoms with van der Waals surface area (Å²) in [5, 5.41) is 14.9. The van der Waals surface area contributed by atoms with Crippen LogP contribution in [0.25, 0.3) is 6.08 Å². The van der Waals surface area contributed by atoms with Crippen molar-refractivity contribution in [3.63, 3.8) is 0 Å². The Morgan fingerprint density at radius 1 is 1.09 bits per heavy atom. The molecule has 2 saturated carbocycles. The Morgan fingerprint density at radius 2 is 1.91 bits per heavy atom. The van der Waals surface area contributed by atoms with E-state index in [1.54, 1.807) is 5.57 Å². The summed E-state index contributed by atoms with van der Waals surface area (Å²) in [6.07, 6.45) is 14.8. The van der Waals surface area contributed by atoms with Crippen LogP contribution in [-0.4, -0.2) is 22.7 Å². The van der Waals surface area contributed by atoms with Gasteiger partial charge in [-0.3, -0.25) is 0 Å². The van der Waals surface area contributed by atoms with Gasteiger partial charge in [-0.25, -0.2) is 4.98 Å². The molecular weight excluding hydrogens is 424 g/mol. The predicted molar refractivity (Wildman–Crippen MR) is 138 cm³/mol. The number of allylic oxidation sites excluding steroid dienone is 1. The van der Waals surface area contributed by atoms with Gasteiger partial charge in [0.25, 0.3) is 0 Å². The summed E-state index contributed by atoms with van der Waals surface area (Å²) < 4.78 is 0. The number of hydrogen-bond donors (Lipinski definition) is 2. The summed E-state index contributed by atoms with van der Waals surface area (Å²) in [7, 11) is 0. The topological polar surface area (TPSA) is 45.2 Å². The maximum atomic E-state index is 10.2. The van der Waals surface area contributed by atoms with Gasteiger partial charge in [-0.15, -0.1) is 11.3 Å². The minimum Gasteiger partial charge on any atom is -0.393 e. The van der Waals surface area contributed by atoms with Gasteiger partial charge in [0.1, 0.15) is 0 Å². The largest absolute Gasteiger partial charge is 0.393 e. The number of nitrogens with one attached hydrogen (secondary N) is 1. The standard InChI is InChI=1S/C29H36N2OS/c1-28-14-12-21(32)17-20(28)10-11-22-23(28)13-15-29(2)24(22)18-25-26(29)31-27(33-25)30-16-6-9-19-7-4-3-5-8-19/h3-10,21-24,32H,11-18H2,1-2H3,(H,30,31)/b9-6+/t21-,22?,23?,24?,28-,29-/m0/s1. The molecule has 174 valence electrons. The van der Waals surface area contributed by atoms with E-state index in [1.807, 2.05) is 11.3 Å². The van der Waals surface area contributed by atoms with Crippen LogP contribution >= 0.6 is 11.3 Å². The van der Waals surface area contributed by atoms with E-state index in [9.17, 15) is 5.11 Å². The van der Waals surface area contributed by atoms with Gasteiger partial charge in [-0.05, 0) is 73.7 Å². The van der Waals surface area contributed by atoms with Crippen molar-refractivity contribution < 1.29 is 5.11 Å². The summed E-state index contributed by atoms with van der Waals surface area (Å²) in [5.74, 6) is 2.26. The van der Waals surface area contributed by atoms with Crippen LogP contribution in [0.4, 0.5) is 5.13 Å². The number of aliphatic hydroxyl groups is 1. The fraction of sp³-hybridized carbons (Fsp3) is 0.552. The first kappa shape index (κ1) is 21.6. The Morgan fingerprint density at radius 3 is 2.76 bits per heavy atom. The van der Waals surface area contributed by atoms with Crippen LogP contribution in [0, 0.1) is 23.2 Å². The zero-order chi connectivity index (χ0) is 22.6. The summed E-state index contributed by atoms with van der Waals surface area (Å²) in [6, 6.07) is 10.5. The Balaban J connectivity index is 1.17. The van der Waals surface area contributed by atoms with Crippen molar-refractivity contribution in [2.45, 2.75) is 70.3 Å². The molecular formula is C29H36N2OS. The van der Waals surface area contributed by atoms with Gasteiger partial charge in [0, 0.05) is 16.8 Å². The molecule has 2 aromatic rings. The molecule has 4 aliphatic rings. The monoisotopic (exact) mass is 460 g/mol. The molecule has 3 nitrogen and oxygen atoms in total. The van der Waals surface area contributed by atoms with Crippen LogP contribution in [0.2, 0.25) is 0 Å². The van der Waals surface area contributed by atoms with Crippen LogP contribution < -0.4 is 5.32 Å². The third-order valence-corrected chi connectivity index (χ3v) is 10.6. The molecule has 1 aromatic carbocycles. The van der Waals surface area contributed by atoms with Gasteiger partial charge in [-0.1, -0.05) is 68.0 Å². The molecule has 2 N–H and O–H groups in total. The van der Waals surface area contributed by atoms with E-state index in [2.05, 4.69) is 67.7 Å². The van der Waals surface area contributed by atoms with Gasteiger partial charge in [0.05, 0.1) is 11.8 Å². The maximum absolute atomic E-state index is 10.2. The lowest BCUT2D eigenvalue weighted by molar-refractivity contribution is -0.0169. The lowest BCUT2D eigenvalue weighted by atomic mass is 9.48. The molecule has 0 radical (unpaired) electrons. The second kappa shape index (κ2) is 8.09. The summed E-state index contributed by atoms with van der Waals surface area (Å²) in [6.45, 7) is 5.83. The lowest BCUT2D eigenvalue weighted by Crippen LogP contribution is -2.51. The van der Waals surface area contributed by atoms with E-state index in [0.29, 0.717) is 5.41 Å². The van der Waals surface area contributed by atoms with Gasteiger partial charge in [0.2, 0.25) is 0 Å². The molecule has 4 aliphatic carbocycles. The van der Waals surface area contributed by atoms with Crippen LogP contribution in [0.1, 0.15) is 68.5 Å². The van der Waals surface area contributed by atoms with Crippen molar-refractivity contribution in [3.8, 4) is 0 Å². The van der Waals surface area contributed by atoms with Crippen molar-refractivity contribution in [2.75, 3.05) is 11.9 Å². The van der Waals surface area contributed by atoms with E-state index >= 15 is 0 Å². The highest BCUT2D eigenvalue weighted by molar-refractivity contribution is 7.15. The van der Waals surface area contributed by atoms with Gasteiger partial charge in [0.15, 0.2) is 5.13 Å². The zero-order valence-corrected chi connectivity index (χ0v) is 20.7. The third kappa shape index (κ3) is 3.52. The molecule has 3 unspecified atom stereocenters. The van der Waals surface area contributed by atoms with E-state index in [0.717, 1.165) is 48.7 Å². The van der Waals surface area contributed by atoms with Gasteiger partial charge in [-0.2, -0.15) is 0 Å². The average Bonchev–Trinajstić information content (AvgIpc) is 3.34. The number of nitrogens with zero attached hydrogens (tertiary/aromatic N) is 1. The molecule has 0 aliphatic heterocycles. The molecule has 6 atom stereocenters. The van der Waals surface area contributed by atoms with Crippen LogP contribution in [0.5, 0.6) is 0 Å². The number of benzene rings is 1. The number of aromatic nitrogens is 1. The average molecular weight is 461 g/mol. The first-order chi connectivity index (χ1) is 16.0. The Hall–Kier alpha value is -1.91. The highest BCUT2D eigenvalue weighted by Crippen LogP contribution is 2.64. The van der Waals surface area contributed by atoms with Crippen LogP contribution in [0.15, 0.2) is 48.1 Å². The lowest BCUT2D eigenvalue weighted by Gasteiger charge is -2.57. The van der Waals surface area contributed by atoms with Crippen LogP contribution in [-0.2, 0) is 11.8 Å². The molecule has 4 heteroatoms. The maximum Gasteiger partial charge on any atom is 0.183 e. The number of thiazole rings is 1. The smallest absolute Gasteiger partial charge is 0.183 e. The highest BCUT2D eigenvalue weighted by atomic mass is 32.1. The van der Waals surface area contributed by atoms with Gasteiger partial charge < -0.3 is 10.4 Å². The molecule has 6 rings (SSSR count). The first-order valence-corrected chi connectivity index (χ1v) is 13.6. The van der Waals surface area contributed by atoms with Crippen molar-refractivity contribution in [2.24, 2.45) is 23.2 Å². The van der Waals surface area contributed by atoms with Crippen molar-refractivity contribution in [3.05, 3.63) is 64.2 Å². The summed E-state index contributed by atoms with van der Waals surface area (Å²) in [5.41, 5.74) is 4.73. The van der Waals surface area contributed by atoms with Crippen molar-refractivity contribution in [1.82, 2.24) is 4.98 Å². The SMILES string of the molecule is C[C@]12CC[C@H](O)CC1=CCC1C2CC[C@]2(C)c3nc(NC/C=C/c4ccccc4)sc3CC12. The zero-order valence-electron chi connectivity index (χ0n) is 19.9. The highest BCUT2D eigenvalue weighted by Gasteiger charge is 2.58. The Kier molecular flexibility index (Phi) is 5.30. The molecule has 0 spiro atoms. The van der Waals surface area contributed by atoms with E-state index in [-0.39, 0.29) is 11.5 Å². The van der Waals surface area contributed by atoms with Gasteiger partial charge >= 0.3 is 0 Å². The van der Waals surface area contributed by atoms with E-state index in [1.165, 1.54) is 41.8 Å². The summed E-state index contributed by atoms with van der Waals surface area (Å²) >= 11 is 1.89. The molecule has 33 heavy (non-hydrogen) atoms. The fourth-order valence-corrected chi connectivity index (χ4v) is 8.91. The van der Waals surface area contributed by atoms with Crippen LogP contribution in [0.3, 0.4) is 0 Å². The third-order valence-electron chi connectivity index (χ3n) is 9.59. The fourth-order valence-electron chi connectivity index (χ4n) is 7.75. The van der Waals surface area contributed by atoms with Crippen molar-refractivity contribution >= 4 is 22.5 Å².